The van der Waals surface area contributed by atoms with Crippen LogP contribution < -0.4 is 10.2 Å². The first kappa shape index (κ1) is 16.4. The number of rotatable bonds is 5. The van der Waals surface area contributed by atoms with Gasteiger partial charge in [0, 0.05) is 19.4 Å². The Balaban J connectivity index is 1.66. The van der Waals surface area contributed by atoms with Crippen LogP contribution in [-0.4, -0.2) is 49.9 Å². The van der Waals surface area contributed by atoms with E-state index < -0.39 is 0 Å². The number of nitrogens with zero attached hydrogens (tertiary/aromatic N) is 1. The molecule has 1 saturated heterocycles. The topological polar surface area (TPSA) is 53.9 Å². The van der Waals surface area contributed by atoms with Gasteiger partial charge in [0.1, 0.15) is 5.82 Å². The van der Waals surface area contributed by atoms with Gasteiger partial charge in [-0.3, -0.25) is 9.59 Å². The average Bonchev–Trinajstić information content (AvgIpc) is 2.52. The van der Waals surface area contributed by atoms with Gasteiger partial charge in [0.2, 0.25) is 11.8 Å². The number of likely N-dealkylation sites (N-methyl/N-ethyl adjacent to an activating group) is 1. The van der Waals surface area contributed by atoms with Gasteiger partial charge in [-0.25, -0.2) is 4.39 Å². The third kappa shape index (κ3) is 5.11. The molecule has 1 aromatic carbocycles. The molecule has 120 valence electrons. The minimum absolute atomic E-state index is 0.0458. The van der Waals surface area contributed by atoms with Gasteiger partial charge in [0.25, 0.3) is 0 Å². The second-order valence-electron chi connectivity index (χ2n) is 5.74. The van der Waals surface area contributed by atoms with E-state index in [9.17, 15) is 14.0 Å². The highest BCUT2D eigenvalue weighted by Gasteiger charge is 2.21. The molecule has 0 aromatic heterocycles. The predicted octanol–water partition coefficient (Wildman–Crippen LogP) is -0.421. The van der Waals surface area contributed by atoms with E-state index in [0.29, 0.717) is 6.54 Å². The van der Waals surface area contributed by atoms with Crippen LogP contribution in [0.25, 0.3) is 0 Å². The molecule has 0 atom stereocenters. The van der Waals surface area contributed by atoms with Gasteiger partial charge in [-0.1, -0.05) is 12.1 Å². The number of carbonyl (C=O) groups is 2. The lowest BCUT2D eigenvalue weighted by Crippen LogP contribution is -3.12. The molecule has 1 aliphatic rings. The molecular formula is C16H23FN3O2+. The Bertz CT molecular complexity index is 511. The van der Waals surface area contributed by atoms with Gasteiger partial charge in [-0.15, -0.1) is 0 Å². The van der Waals surface area contributed by atoms with Crippen molar-refractivity contribution in [2.24, 2.45) is 0 Å². The fourth-order valence-electron chi connectivity index (χ4n) is 2.41. The van der Waals surface area contributed by atoms with Crippen LogP contribution in [0.2, 0.25) is 0 Å². The van der Waals surface area contributed by atoms with Crippen molar-refractivity contribution in [3.8, 4) is 0 Å². The number of hydrogen-bond donors (Lipinski definition) is 2. The van der Waals surface area contributed by atoms with Gasteiger partial charge in [-0.2, -0.15) is 0 Å². The molecule has 2 rings (SSSR count). The maximum Gasteiger partial charge on any atom is 0.223 e. The van der Waals surface area contributed by atoms with Crippen molar-refractivity contribution in [3.05, 3.63) is 35.6 Å². The quantitative estimate of drug-likeness (QED) is 0.776. The third-order valence-electron chi connectivity index (χ3n) is 3.94. The molecule has 0 aliphatic carbocycles. The van der Waals surface area contributed by atoms with Crippen molar-refractivity contribution in [2.75, 3.05) is 33.2 Å². The number of benzene rings is 1. The number of amides is 2. The molecule has 1 heterocycles. The monoisotopic (exact) mass is 308 g/mol. The van der Waals surface area contributed by atoms with E-state index in [0.717, 1.165) is 31.7 Å². The molecule has 0 spiro atoms. The summed E-state index contributed by atoms with van der Waals surface area (Å²) in [7, 11) is 2.12. The van der Waals surface area contributed by atoms with Crippen molar-refractivity contribution >= 4 is 11.8 Å². The molecule has 0 unspecified atom stereocenters. The number of nitrogens with one attached hydrogen (secondary N) is 2. The summed E-state index contributed by atoms with van der Waals surface area (Å²) < 4.78 is 12.8. The summed E-state index contributed by atoms with van der Waals surface area (Å²) in [6.45, 7) is 3.81. The molecule has 2 N–H and O–H groups in total. The Morgan fingerprint density at radius 3 is 2.45 bits per heavy atom. The number of carbonyl (C=O) groups excluding carboxylic acids is 2. The minimum Gasteiger partial charge on any atom is -0.352 e. The van der Waals surface area contributed by atoms with Crippen LogP contribution in [0.3, 0.4) is 0 Å². The van der Waals surface area contributed by atoms with Crippen molar-refractivity contribution in [1.29, 1.82) is 0 Å². The lowest BCUT2D eigenvalue weighted by Gasteiger charge is -2.30. The van der Waals surface area contributed by atoms with E-state index in [4.69, 9.17) is 0 Å². The highest BCUT2D eigenvalue weighted by Crippen LogP contribution is 2.03. The molecule has 1 aliphatic heterocycles. The van der Waals surface area contributed by atoms with E-state index in [1.54, 1.807) is 12.1 Å². The molecule has 0 radical (unpaired) electrons. The fraction of sp³-hybridized carbons (Fsp3) is 0.500. The summed E-state index contributed by atoms with van der Waals surface area (Å²) in [5.74, 6) is -0.406. The Morgan fingerprint density at radius 2 is 1.82 bits per heavy atom. The highest BCUT2D eigenvalue weighted by atomic mass is 19.1. The summed E-state index contributed by atoms with van der Waals surface area (Å²) in [6, 6.07) is 5.99. The van der Waals surface area contributed by atoms with Crippen LogP contribution in [0, 0.1) is 5.82 Å². The lowest BCUT2D eigenvalue weighted by molar-refractivity contribution is -0.883. The molecule has 5 nitrogen and oxygen atoms in total. The normalized spacial score (nSPS) is 15.6. The van der Waals surface area contributed by atoms with E-state index in [1.807, 2.05) is 4.90 Å². The summed E-state index contributed by atoms with van der Waals surface area (Å²) in [6.07, 6.45) is 0.438. The molecule has 22 heavy (non-hydrogen) atoms. The smallest absolute Gasteiger partial charge is 0.223 e. The first-order valence-electron chi connectivity index (χ1n) is 7.65. The van der Waals surface area contributed by atoms with Crippen molar-refractivity contribution in [2.45, 2.75) is 19.4 Å². The van der Waals surface area contributed by atoms with E-state index in [1.165, 1.54) is 17.0 Å². The standard InChI is InChI=1S/C16H22FN3O2/c1-19-8-10-20(11-9-19)16(22)7-6-15(21)18-12-13-2-4-14(17)5-3-13/h2-5H,6-12H2,1H3,(H,18,21)/p+1. The zero-order valence-electron chi connectivity index (χ0n) is 12.9. The van der Waals surface area contributed by atoms with E-state index >= 15 is 0 Å². The molecule has 0 saturated carbocycles. The zero-order chi connectivity index (χ0) is 15.9. The first-order valence-corrected chi connectivity index (χ1v) is 7.65. The lowest BCUT2D eigenvalue weighted by atomic mass is 10.2. The number of hydrogen-bond acceptors (Lipinski definition) is 2. The van der Waals surface area contributed by atoms with Crippen molar-refractivity contribution in [3.63, 3.8) is 0 Å². The van der Waals surface area contributed by atoms with Crippen LogP contribution in [-0.2, 0) is 16.1 Å². The van der Waals surface area contributed by atoms with E-state index in [-0.39, 0.29) is 30.5 Å². The molecule has 6 heteroatoms. The summed E-state index contributed by atoms with van der Waals surface area (Å²) in [4.78, 5) is 27.0. The molecule has 1 aromatic rings. The second-order valence-corrected chi connectivity index (χ2v) is 5.74. The highest BCUT2D eigenvalue weighted by molar-refractivity contribution is 5.83. The average molecular weight is 308 g/mol. The van der Waals surface area contributed by atoms with Crippen molar-refractivity contribution in [1.82, 2.24) is 10.2 Å². The number of halogens is 1. The Kier molecular flexibility index (Phi) is 5.89. The SMILES string of the molecule is C[NH+]1CCN(C(=O)CCC(=O)NCc2ccc(F)cc2)CC1. The fourth-order valence-corrected chi connectivity index (χ4v) is 2.41. The van der Waals surface area contributed by atoms with Crippen molar-refractivity contribution < 1.29 is 18.9 Å². The first-order chi connectivity index (χ1) is 10.5. The zero-order valence-corrected chi connectivity index (χ0v) is 12.9. The maximum atomic E-state index is 12.8. The Morgan fingerprint density at radius 1 is 1.18 bits per heavy atom. The summed E-state index contributed by atoms with van der Waals surface area (Å²) >= 11 is 0. The van der Waals surface area contributed by atoms with Gasteiger partial charge >= 0.3 is 0 Å². The molecule has 2 amide bonds. The van der Waals surface area contributed by atoms with Gasteiger partial charge in [0.15, 0.2) is 0 Å². The Hall–Kier alpha value is -1.95. The third-order valence-corrected chi connectivity index (χ3v) is 3.94. The van der Waals surface area contributed by atoms with Gasteiger partial charge < -0.3 is 15.1 Å². The van der Waals surface area contributed by atoms with Gasteiger partial charge in [0.05, 0.1) is 33.2 Å². The van der Waals surface area contributed by atoms with Gasteiger partial charge in [-0.05, 0) is 17.7 Å². The van der Waals surface area contributed by atoms with Crippen LogP contribution in [0.15, 0.2) is 24.3 Å². The molecule has 0 bridgehead atoms. The number of piperazine rings is 1. The molecular weight excluding hydrogens is 285 g/mol. The predicted molar refractivity (Wildman–Crippen MR) is 80.7 cm³/mol. The maximum absolute atomic E-state index is 12.8. The summed E-state index contributed by atoms with van der Waals surface area (Å²) in [5, 5.41) is 2.75. The van der Waals surface area contributed by atoms with Crippen LogP contribution in [0.1, 0.15) is 18.4 Å². The number of quaternary nitrogens is 1. The largest absolute Gasteiger partial charge is 0.352 e. The summed E-state index contributed by atoms with van der Waals surface area (Å²) in [5.41, 5.74) is 0.836. The van der Waals surface area contributed by atoms with Crippen LogP contribution in [0.5, 0.6) is 0 Å². The van der Waals surface area contributed by atoms with Crippen LogP contribution >= 0.6 is 0 Å². The van der Waals surface area contributed by atoms with E-state index in [2.05, 4.69) is 12.4 Å². The molecule has 1 fully saturated rings. The van der Waals surface area contributed by atoms with Crippen LogP contribution in [0.4, 0.5) is 4.39 Å². The second kappa shape index (κ2) is 7.89. The Labute approximate surface area is 130 Å². The minimum atomic E-state index is -0.297.